The third kappa shape index (κ3) is 7.11. The Morgan fingerprint density at radius 3 is 2.62 bits per heavy atom. The maximum Gasteiger partial charge on any atom is 0.318 e. The number of methoxy groups -OCH3 is 1. The van der Waals surface area contributed by atoms with E-state index in [0.29, 0.717) is 44.8 Å². The highest BCUT2D eigenvalue weighted by Crippen LogP contribution is 2.35. The van der Waals surface area contributed by atoms with Crippen LogP contribution in [-0.4, -0.2) is 80.9 Å². The van der Waals surface area contributed by atoms with Gasteiger partial charge in [-0.15, -0.1) is 0 Å². The number of likely N-dealkylation sites (tertiary alicyclic amines) is 1. The van der Waals surface area contributed by atoms with Crippen molar-refractivity contribution in [3.8, 4) is 11.8 Å². The number of aromatic nitrogens is 2. The molecule has 9 heteroatoms. The fourth-order valence-electron chi connectivity index (χ4n) is 6.37. The standard InChI is InChI=1S/C36H43N7O2/c1-26-8-5-9-28-10-6-12-33(34(26)28)43-20-17-31-32(23-43)39-36(45-24-29-11-7-19-41(29)2)40-35(31)42(3)21-18-37-25-38-22-27-13-15-30(44-4)16-14-27/h5-6,8-10,12-16,29H,7,11,17-24H2,1-4H3/t29-/m0/s1. The molecule has 3 aromatic carbocycles. The van der Waals surface area contributed by atoms with Crippen LogP contribution in [0.3, 0.4) is 0 Å². The van der Waals surface area contributed by atoms with Crippen molar-refractivity contribution in [2.45, 2.75) is 45.3 Å². The van der Waals surface area contributed by atoms with Gasteiger partial charge < -0.3 is 24.2 Å². The zero-order valence-electron chi connectivity index (χ0n) is 26.9. The number of hydrogen-bond donors (Lipinski definition) is 0. The molecule has 0 radical (unpaired) electrons. The molecule has 234 valence electrons. The lowest BCUT2D eigenvalue weighted by atomic mass is 10.00. The number of anilines is 2. The number of hydrogen-bond acceptors (Lipinski definition) is 9. The third-order valence-corrected chi connectivity index (χ3v) is 9.00. The van der Waals surface area contributed by atoms with Gasteiger partial charge in [0.25, 0.3) is 0 Å². The first-order chi connectivity index (χ1) is 22.0. The lowest BCUT2D eigenvalue weighted by Crippen LogP contribution is -2.35. The van der Waals surface area contributed by atoms with Gasteiger partial charge in [0.05, 0.1) is 38.4 Å². The first-order valence-electron chi connectivity index (χ1n) is 15.9. The van der Waals surface area contributed by atoms with Crippen molar-refractivity contribution in [3.63, 3.8) is 0 Å². The molecule has 1 atom stereocenters. The Morgan fingerprint density at radius 2 is 1.84 bits per heavy atom. The number of fused-ring (bicyclic) bond motifs is 2. The summed E-state index contributed by atoms with van der Waals surface area (Å²) in [4.78, 5) is 25.7. The average molecular weight is 606 g/mol. The Morgan fingerprint density at radius 1 is 1.02 bits per heavy atom. The molecule has 6 rings (SSSR count). The Hall–Kier alpha value is -4.46. The molecular weight excluding hydrogens is 562 g/mol. The van der Waals surface area contributed by atoms with E-state index in [1.54, 1.807) is 7.11 Å². The quantitative estimate of drug-likeness (QED) is 0.200. The van der Waals surface area contributed by atoms with E-state index in [-0.39, 0.29) is 0 Å². The predicted molar refractivity (Wildman–Crippen MR) is 181 cm³/mol. The van der Waals surface area contributed by atoms with Crippen LogP contribution in [0.5, 0.6) is 11.8 Å². The number of rotatable bonds is 11. The van der Waals surface area contributed by atoms with Crippen molar-refractivity contribution >= 4 is 28.3 Å². The summed E-state index contributed by atoms with van der Waals surface area (Å²) in [6.45, 7) is 7.28. The molecule has 9 nitrogen and oxygen atoms in total. The molecule has 1 aromatic heterocycles. The highest BCUT2D eigenvalue weighted by molar-refractivity contribution is 5.97. The molecule has 1 fully saturated rings. The summed E-state index contributed by atoms with van der Waals surface area (Å²) in [5, 5.41) is 2.57. The molecule has 2 aliphatic heterocycles. The van der Waals surface area contributed by atoms with E-state index in [4.69, 9.17) is 19.4 Å². The van der Waals surface area contributed by atoms with Crippen LogP contribution in [0.2, 0.25) is 0 Å². The van der Waals surface area contributed by atoms with Crippen molar-refractivity contribution < 1.29 is 9.47 Å². The Labute approximate surface area is 266 Å². The van der Waals surface area contributed by atoms with Gasteiger partial charge in [-0.25, -0.2) is 9.98 Å². The monoisotopic (exact) mass is 605 g/mol. The lowest BCUT2D eigenvalue weighted by Gasteiger charge is -2.33. The largest absolute Gasteiger partial charge is 0.497 e. The highest BCUT2D eigenvalue weighted by atomic mass is 16.5. The summed E-state index contributed by atoms with van der Waals surface area (Å²) in [6.07, 6.45) is 3.20. The van der Waals surface area contributed by atoms with E-state index >= 15 is 0 Å². The minimum atomic E-state index is 0.396. The Bertz CT molecular complexity index is 1680. The molecule has 45 heavy (non-hydrogen) atoms. The molecule has 0 aliphatic carbocycles. The van der Waals surface area contributed by atoms with Crippen molar-refractivity contribution in [2.75, 3.05) is 63.8 Å². The van der Waals surface area contributed by atoms with Crippen molar-refractivity contribution in [1.82, 2.24) is 14.9 Å². The molecular formula is C36H43N7O2. The fourth-order valence-corrected chi connectivity index (χ4v) is 6.37. The minimum absolute atomic E-state index is 0.396. The van der Waals surface area contributed by atoms with Crippen molar-refractivity contribution in [3.05, 3.63) is 83.0 Å². The normalized spacial score (nSPS) is 16.3. The van der Waals surface area contributed by atoms with Gasteiger partial charge >= 0.3 is 6.01 Å². The first kappa shape index (κ1) is 30.6. The van der Waals surface area contributed by atoms with E-state index in [9.17, 15) is 0 Å². The van der Waals surface area contributed by atoms with Gasteiger partial charge in [-0.1, -0.05) is 42.5 Å². The van der Waals surface area contributed by atoms with Crippen LogP contribution in [-0.2, 0) is 19.5 Å². The fraction of sp³-hybridized carbons (Fsp3) is 0.417. The Kier molecular flexibility index (Phi) is 9.58. The van der Waals surface area contributed by atoms with Crippen LogP contribution in [0.25, 0.3) is 10.8 Å². The lowest BCUT2D eigenvalue weighted by molar-refractivity contribution is 0.187. The summed E-state index contributed by atoms with van der Waals surface area (Å²) in [5.74, 6) is 1.76. The van der Waals surface area contributed by atoms with E-state index in [1.165, 1.54) is 34.0 Å². The van der Waals surface area contributed by atoms with E-state index in [1.807, 2.05) is 24.3 Å². The number of ether oxygens (including phenoxy) is 2. The summed E-state index contributed by atoms with van der Waals surface area (Å²) in [5.41, 5.74) is 5.85. The summed E-state index contributed by atoms with van der Waals surface area (Å²) >= 11 is 0. The van der Waals surface area contributed by atoms with Crippen LogP contribution >= 0.6 is 0 Å². The van der Waals surface area contributed by atoms with E-state index < -0.39 is 0 Å². The van der Waals surface area contributed by atoms with Gasteiger partial charge in [0.15, 0.2) is 0 Å². The van der Waals surface area contributed by atoms with Crippen LogP contribution in [0.4, 0.5) is 11.5 Å². The number of likely N-dealkylation sites (N-methyl/N-ethyl adjacent to an activating group) is 2. The minimum Gasteiger partial charge on any atom is -0.497 e. The van der Waals surface area contributed by atoms with Gasteiger partial charge in [-0.2, -0.15) is 9.97 Å². The number of nitrogens with zero attached hydrogens (tertiary/aromatic N) is 7. The SMILES string of the molecule is COc1ccc(CN=C=NCCN(C)c2nc(OC[C@@H]3CCCN3C)nc3c2CCN(c2cccc4cccc(C)c24)C3)cc1. The first-order valence-corrected chi connectivity index (χ1v) is 15.9. The highest BCUT2D eigenvalue weighted by Gasteiger charge is 2.27. The van der Waals surface area contributed by atoms with E-state index in [2.05, 4.69) is 88.1 Å². The van der Waals surface area contributed by atoms with Gasteiger partial charge in [0.1, 0.15) is 18.2 Å². The van der Waals surface area contributed by atoms with Crippen molar-refractivity contribution in [2.24, 2.45) is 9.98 Å². The number of benzene rings is 3. The third-order valence-electron chi connectivity index (χ3n) is 9.00. The maximum absolute atomic E-state index is 6.29. The van der Waals surface area contributed by atoms with Gasteiger partial charge in [0.2, 0.25) is 0 Å². The second-order valence-electron chi connectivity index (χ2n) is 12.0. The van der Waals surface area contributed by atoms with Gasteiger partial charge in [0, 0.05) is 42.8 Å². The molecule has 0 unspecified atom stereocenters. The molecule has 4 aromatic rings. The van der Waals surface area contributed by atoms with Crippen LogP contribution < -0.4 is 19.3 Å². The number of aryl methyl sites for hydroxylation is 1. The second kappa shape index (κ2) is 14.1. The zero-order chi connectivity index (χ0) is 31.2. The zero-order valence-corrected chi connectivity index (χ0v) is 26.9. The number of aliphatic imine (C=N–C) groups is 2. The van der Waals surface area contributed by atoms with E-state index in [0.717, 1.165) is 48.8 Å². The van der Waals surface area contributed by atoms with Crippen molar-refractivity contribution in [1.29, 1.82) is 0 Å². The molecule has 0 N–H and O–H groups in total. The molecule has 0 spiro atoms. The topological polar surface area (TPSA) is 78.7 Å². The molecule has 0 amide bonds. The Balaban J connectivity index is 1.20. The molecule has 2 aliphatic rings. The average Bonchev–Trinajstić information content (AvgIpc) is 3.49. The molecule has 0 bridgehead atoms. The second-order valence-corrected chi connectivity index (χ2v) is 12.0. The predicted octanol–water partition coefficient (Wildman–Crippen LogP) is 5.79. The molecule has 1 saturated heterocycles. The molecule has 0 saturated carbocycles. The maximum atomic E-state index is 6.29. The smallest absolute Gasteiger partial charge is 0.318 e. The van der Waals surface area contributed by atoms with Crippen LogP contribution in [0.1, 0.15) is 35.2 Å². The van der Waals surface area contributed by atoms with Crippen LogP contribution in [0.15, 0.2) is 70.6 Å². The summed E-state index contributed by atoms with van der Waals surface area (Å²) < 4.78 is 11.5. The van der Waals surface area contributed by atoms with Gasteiger partial charge in [-0.05, 0) is 74.5 Å². The van der Waals surface area contributed by atoms with Crippen LogP contribution in [0, 0.1) is 6.92 Å². The summed E-state index contributed by atoms with van der Waals surface area (Å²) in [7, 11) is 5.90. The summed E-state index contributed by atoms with van der Waals surface area (Å²) in [6, 6.07) is 24.7. The van der Waals surface area contributed by atoms with Gasteiger partial charge in [-0.3, -0.25) is 0 Å². The molecule has 3 heterocycles.